The summed E-state index contributed by atoms with van der Waals surface area (Å²) in [7, 11) is -1.09. The summed E-state index contributed by atoms with van der Waals surface area (Å²) in [6, 6.07) is 64.5. The van der Waals surface area contributed by atoms with Gasteiger partial charge in [-0.3, -0.25) is 0 Å². The Balaban J connectivity index is 1.21. The van der Waals surface area contributed by atoms with Gasteiger partial charge in [0.2, 0.25) is 0 Å². The number of hydrogen-bond acceptors (Lipinski definition) is 3. The molecule has 3 nitrogen and oxygen atoms in total. The first-order valence-corrected chi connectivity index (χ1v) is 18.1. The maximum absolute atomic E-state index is 7.07. The molecule has 0 aromatic heterocycles. The molecular formula is C49H31BO3. The van der Waals surface area contributed by atoms with Gasteiger partial charge in [-0.05, 0) is 49.0 Å². The summed E-state index contributed by atoms with van der Waals surface area (Å²) in [6.07, 6.45) is 0. The Morgan fingerprint density at radius 3 is 0.925 bits per heavy atom. The molecule has 3 aliphatic rings. The summed E-state index contributed by atoms with van der Waals surface area (Å²) in [5.41, 5.74) is 9.53. The zero-order valence-corrected chi connectivity index (χ0v) is 28.7. The Morgan fingerprint density at radius 1 is 0.283 bits per heavy atom. The molecule has 0 fully saturated rings. The van der Waals surface area contributed by atoms with E-state index in [4.69, 9.17) is 14.0 Å². The molecule has 9 aromatic rings. The van der Waals surface area contributed by atoms with Gasteiger partial charge in [0.15, 0.2) is 0 Å². The minimum absolute atomic E-state index is 0.268. The average Bonchev–Trinajstić information content (AvgIpc) is 3.20. The van der Waals surface area contributed by atoms with E-state index in [1.165, 1.54) is 32.3 Å². The van der Waals surface area contributed by atoms with Gasteiger partial charge in [-0.25, -0.2) is 0 Å². The topological polar surface area (TPSA) is 27.7 Å². The van der Waals surface area contributed by atoms with Crippen LogP contribution in [0.5, 0.6) is 17.2 Å². The molecule has 0 N–H and O–H groups in total. The van der Waals surface area contributed by atoms with E-state index in [1.54, 1.807) is 0 Å². The highest BCUT2D eigenvalue weighted by atomic mass is 16.7. The quantitative estimate of drug-likeness (QED) is 0.174. The molecule has 2 bridgehead atoms. The summed E-state index contributed by atoms with van der Waals surface area (Å²) >= 11 is 0. The van der Waals surface area contributed by atoms with Gasteiger partial charge < -0.3 is 14.0 Å². The van der Waals surface area contributed by atoms with E-state index < -0.39 is 7.32 Å². The van der Waals surface area contributed by atoms with Crippen LogP contribution in [-0.4, -0.2) is 7.32 Å². The summed E-state index contributed by atoms with van der Waals surface area (Å²) in [4.78, 5) is 0. The lowest BCUT2D eigenvalue weighted by atomic mass is 9.78. The largest absolute Gasteiger partial charge is 0.864 e. The molecule has 0 atom stereocenters. The summed E-state index contributed by atoms with van der Waals surface area (Å²) in [5, 5.41) is 7.03. The van der Waals surface area contributed by atoms with Crippen molar-refractivity contribution < 1.29 is 14.0 Å². The van der Waals surface area contributed by atoms with Crippen LogP contribution in [0.3, 0.4) is 0 Å². The normalized spacial score (nSPS) is 13.2. The number of para-hydroxylation sites is 3. The van der Waals surface area contributed by atoms with E-state index in [0.717, 1.165) is 67.3 Å². The van der Waals surface area contributed by atoms with Crippen LogP contribution in [0, 0.1) is 0 Å². The van der Waals surface area contributed by atoms with E-state index in [2.05, 4.69) is 182 Å². The predicted octanol–water partition coefficient (Wildman–Crippen LogP) is 12.5. The number of hydrogen-bond donors (Lipinski definition) is 0. The van der Waals surface area contributed by atoms with Crippen molar-refractivity contribution in [3.8, 4) is 50.6 Å². The van der Waals surface area contributed by atoms with Gasteiger partial charge in [-0.15, -0.1) is 0 Å². The molecular weight excluding hydrogens is 647 g/mol. The SMILES string of the molecule is c1cc(-c2cccc3ccccc23)c2c(c1)C1c3cccc(-c4cccc5ccccc45)c3OB(O2)Oc2c(-c3cccc4ccccc34)cccc21. The van der Waals surface area contributed by atoms with E-state index in [-0.39, 0.29) is 5.92 Å². The van der Waals surface area contributed by atoms with E-state index >= 15 is 0 Å². The Kier molecular flexibility index (Phi) is 6.71. The molecule has 0 saturated carbocycles. The molecule has 0 aliphatic carbocycles. The third-order valence-corrected chi connectivity index (χ3v) is 11.0. The standard InChI is InChI=1S/C49H31BO3/c1-4-19-34-31(13-1)16-7-22-37(34)40-25-10-28-43-46-44-29-11-26-41(38-23-8-17-32-14-2-5-20-35(32)38)48(44)52-50(51-47(40)43)53-49-42(27-12-30-45(46)49)39-24-9-18-33-15-3-6-21-36(33)39/h1-30,46H. The van der Waals surface area contributed by atoms with Gasteiger partial charge in [-0.1, -0.05) is 182 Å². The summed E-state index contributed by atoms with van der Waals surface area (Å²) in [5.74, 6) is 2.03. The van der Waals surface area contributed by atoms with E-state index in [9.17, 15) is 0 Å². The smallest absolute Gasteiger partial charge is 0.489 e. The van der Waals surface area contributed by atoms with Gasteiger partial charge in [0.25, 0.3) is 0 Å². The minimum atomic E-state index is -1.09. The Hall–Kier alpha value is -6.78. The zero-order chi connectivity index (χ0) is 34.9. The molecule has 0 spiro atoms. The average molecular weight is 679 g/mol. The second-order valence-electron chi connectivity index (χ2n) is 13.8. The molecule has 0 radical (unpaired) electrons. The van der Waals surface area contributed by atoms with Gasteiger partial charge in [-0.2, -0.15) is 0 Å². The Labute approximate surface area is 307 Å². The van der Waals surface area contributed by atoms with Gasteiger partial charge in [0, 0.05) is 39.3 Å². The van der Waals surface area contributed by atoms with Crippen molar-refractivity contribution in [3.63, 3.8) is 0 Å². The minimum Gasteiger partial charge on any atom is -0.489 e. The zero-order valence-electron chi connectivity index (χ0n) is 28.7. The Bertz CT molecular complexity index is 2580. The van der Waals surface area contributed by atoms with Crippen molar-refractivity contribution in [2.45, 2.75) is 5.92 Å². The third kappa shape index (κ3) is 4.69. The fourth-order valence-electron chi connectivity index (χ4n) is 8.62. The van der Waals surface area contributed by atoms with Crippen LogP contribution in [0.1, 0.15) is 22.6 Å². The van der Waals surface area contributed by atoms with Gasteiger partial charge in [0.1, 0.15) is 17.2 Å². The lowest BCUT2D eigenvalue weighted by Crippen LogP contribution is -2.41. The molecule has 9 aromatic carbocycles. The van der Waals surface area contributed by atoms with Crippen LogP contribution >= 0.6 is 0 Å². The second-order valence-corrected chi connectivity index (χ2v) is 13.8. The monoisotopic (exact) mass is 678 g/mol. The highest BCUT2D eigenvalue weighted by Gasteiger charge is 2.44. The lowest BCUT2D eigenvalue weighted by molar-refractivity contribution is 0.294. The molecule has 248 valence electrons. The third-order valence-electron chi connectivity index (χ3n) is 11.0. The fraction of sp³-hybridized carbons (Fsp3) is 0.0204. The first-order chi connectivity index (χ1) is 26.3. The second kappa shape index (κ2) is 11.9. The van der Waals surface area contributed by atoms with Crippen LogP contribution in [-0.2, 0) is 0 Å². The molecule has 3 aliphatic heterocycles. The molecule has 12 rings (SSSR count). The Morgan fingerprint density at radius 2 is 0.566 bits per heavy atom. The van der Waals surface area contributed by atoms with Crippen LogP contribution in [0.2, 0.25) is 0 Å². The number of benzene rings is 9. The maximum Gasteiger partial charge on any atom is 0.864 e. The van der Waals surface area contributed by atoms with Crippen LogP contribution in [0.15, 0.2) is 182 Å². The molecule has 0 unspecified atom stereocenters. The number of fused-ring (bicyclic) bond motifs is 3. The highest BCUT2D eigenvalue weighted by Crippen LogP contribution is 2.54. The lowest BCUT2D eigenvalue weighted by Gasteiger charge is -2.35. The molecule has 4 heteroatoms. The molecule has 0 amide bonds. The highest BCUT2D eigenvalue weighted by molar-refractivity contribution is 6.40. The van der Waals surface area contributed by atoms with Crippen LogP contribution in [0.25, 0.3) is 65.7 Å². The molecule has 3 heterocycles. The maximum atomic E-state index is 7.07. The number of rotatable bonds is 3. The van der Waals surface area contributed by atoms with Crippen molar-refractivity contribution in [3.05, 3.63) is 199 Å². The van der Waals surface area contributed by atoms with Crippen LogP contribution < -0.4 is 14.0 Å². The van der Waals surface area contributed by atoms with Crippen LogP contribution in [0.4, 0.5) is 0 Å². The van der Waals surface area contributed by atoms with Crippen molar-refractivity contribution in [1.82, 2.24) is 0 Å². The van der Waals surface area contributed by atoms with Crippen molar-refractivity contribution in [1.29, 1.82) is 0 Å². The molecule has 0 saturated heterocycles. The van der Waals surface area contributed by atoms with Crippen molar-refractivity contribution >= 4 is 39.6 Å². The van der Waals surface area contributed by atoms with Gasteiger partial charge in [0.05, 0.1) is 0 Å². The summed E-state index contributed by atoms with van der Waals surface area (Å²) in [6.45, 7) is 0. The van der Waals surface area contributed by atoms with Crippen molar-refractivity contribution in [2.75, 3.05) is 0 Å². The first kappa shape index (κ1) is 29.9. The van der Waals surface area contributed by atoms with E-state index in [1.807, 2.05) is 0 Å². The predicted molar refractivity (Wildman–Crippen MR) is 217 cm³/mol. The van der Waals surface area contributed by atoms with E-state index in [0.29, 0.717) is 0 Å². The van der Waals surface area contributed by atoms with Gasteiger partial charge >= 0.3 is 7.32 Å². The first-order valence-electron chi connectivity index (χ1n) is 18.1. The van der Waals surface area contributed by atoms with Crippen molar-refractivity contribution in [2.24, 2.45) is 0 Å². The fourth-order valence-corrected chi connectivity index (χ4v) is 8.62. The summed E-state index contributed by atoms with van der Waals surface area (Å²) < 4.78 is 21.2. The molecule has 53 heavy (non-hydrogen) atoms.